The number of pyridine rings is 1. The third-order valence-electron chi connectivity index (χ3n) is 5.99. The lowest BCUT2D eigenvalue weighted by Gasteiger charge is -2.35. The molecule has 1 saturated heterocycles. The van der Waals surface area contributed by atoms with E-state index < -0.39 is 0 Å². The van der Waals surface area contributed by atoms with Gasteiger partial charge in [-0.25, -0.2) is 28.7 Å². The number of amides is 1. The molecule has 0 spiro atoms. The molecular weight excluding hydrogens is 491 g/mol. The number of nitrogens with zero attached hydrogens (tertiary/aromatic N) is 6. The molecule has 192 valence electrons. The molecule has 1 unspecified atom stereocenters. The number of hydrogen-bond donors (Lipinski definition) is 1. The highest BCUT2D eigenvalue weighted by molar-refractivity contribution is 7.97. The van der Waals surface area contributed by atoms with Crippen LogP contribution in [-0.2, 0) is 11.2 Å². The van der Waals surface area contributed by atoms with Crippen molar-refractivity contribution in [2.24, 2.45) is 0 Å². The van der Waals surface area contributed by atoms with Gasteiger partial charge in [0, 0.05) is 68.1 Å². The number of carbonyl (C=O) groups is 1. The molecular formula is C27H29FN6O2S. The van der Waals surface area contributed by atoms with Crippen LogP contribution in [0.25, 0.3) is 0 Å². The van der Waals surface area contributed by atoms with E-state index in [2.05, 4.69) is 36.0 Å². The first kappa shape index (κ1) is 26.5. The number of hydroxylamine groups is 2. The predicted molar refractivity (Wildman–Crippen MR) is 141 cm³/mol. The number of halogens is 1. The number of piperazine rings is 1. The Kier molecular flexibility index (Phi) is 9.82. The standard InChI is InChI=1S/C27H29FN6O2S/c28-24-10-7-22(8-11-24)5-6-23-9-12-27(31-19-23)32-15-17-33(18-16-32)37-20-25(34(36)21-35)3-1-4-26-29-13-2-14-30-26/h2,7-14,19,21,25,36H,1,3-4,15-18,20H2. The van der Waals surface area contributed by atoms with E-state index in [-0.39, 0.29) is 11.9 Å². The van der Waals surface area contributed by atoms with Gasteiger partial charge in [0.2, 0.25) is 6.41 Å². The van der Waals surface area contributed by atoms with Gasteiger partial charge in [0.25, 0.3) is 0 Å². The van der Waals surface area contributed by atoms with Crippen molar-refractivity contribution in [2.75, 3.05) is 36.8 Å². The van der Waals surface area contributed by atoms with E-state index in [1.54, 1.807) is 48.7 Å². The topological polar surface area (TPSA) is 85.7 Å². The van der Waals surface area contributed by atoms with Gasteiger partial charge in [-0.2, -0.15) is 0 Å². The number of rotatable bonds is 10. The minimum atomic E-state index is -0.277. The Morgan fingerprint density at radius 2 is 1.73 bits per heavy atom. The first-order chi connectivity index (χ1) is 18.1. The first-order valence-corrected chi connectivity index (χ1v) is 13.1. The van der Waals surface area contributed by atoms with E-state index in [4.69, 9.17) is 0 Å². The third kappa shape index (κ3) is 8.25. The molecule has 1 aromatic carbocycles. The summed E-state index contributed by atoms with van der Waals surface area (Å²) in [6.07, 6.45) is 7.82. The Morgan fingerprint density at radius 3 is 2.41 bits per heavy atom. The van der Waals surface area contributed by atoms with Crippen LogP contribution in [0.2, 0.25) is 0 Å². The van der Waals surface area contributed by atoms with E-state index in [0.29, 0.717) is 25.0 Å². The highest BCUT2D eigenvalue weighted by Crippen LogP contribution is 2.21. The minimum absolute atomic E-state index is 0.269. The largest absolute Gasteiger partial charge is 0.354 e. The Hall–Kier alpha value is -3.52. The average Bonchev–Trinajstić information content (AvgIpc) is 2.95. The second kappa shape index (κ2) is 13.7. The molecule has 4 rings (SSSR count). The molecule has 1 fully saturated rings. The Balaban J connectivity index is 1.22. The molecule has 0 aliphatic carbocycles. The number of carbonyl (C=O) groups excluding carboxylic acids is 1. The van der Waals surface area contributed by atoms with Gasteiger partial charge in [-0.3, -0.25) is 10.0 Å². The van der Waals surface area contributed by atoms with Crippen LogP contribution in [0.15, 0.2) is 61.1 Å². The molecule has 37 heavy (non-hydrogen) atoms. The second-order valence-corrected chi connectivity index (χ2v) is 9.68. The lowest BCUT2D eigenvalue weighted by Crippen LogP contribution is -2.44. The molecule has 8 nitrogen and oxygen atoms in total. The first-order valence-electron chi connectivity index (χ1n) is 12.2. The Labute approximate surface area is 220 Å². The summed E-state index contributed by atoms with van der Waals surface area (Å²) in [5.74, 6) is 8.09. The van der Waals surface area contributed by atoms with Crippen molar-refractivity contribution in [3.8, 4) is 11.8 Å². The van der Waals surface area contributed by atoms with Crippen molar-refractivity contribution in [1.29, 1.82) is 0 Å². The number of aryl methyl sites for hydroxylation is 1. The maximum Gasteiger partial charge on any atom is 0.233 e. The molecule has 1 N–H and O–H groups in total. The van der Waals surface area contributed by atoms with Crippen LogP contribution in [0, 0.1) is 17.7 Å². The molecule has 1 atom stereocenters. The molecule has 0 bridgehead atoms. The second-order valence-electron chi connectivity index (χ2n) is 8.57. The van der Waals surface area contributed by atoms with Crippen molar-refractivity contribution < 1.29 is 14.4 Å². The summed E-state index contributed by atoms with van der Waals surface area (Å²) in [6, 6.07) is 11.5. The molecule has 3 heterocycles. The number of benzene rings is 1. The molecule has 0 saturated carbocycles. The highest BCUT2D eigenvalue weighted by Gasteiger charge is 2.22. The van der Waals surface area contributed by atoms with Crippen molar-refractivity contribution in [3.63, 3.8) is 0 Å². The molecule has 1 amide bonds. The maximum absolute atomic E-state index is 13.0. The zero-order chi connectivity index (χ0) is 25.9. The van der Waals surface area contributed by atoms with Crippen LogP contribution in [0.4, 0.5) is 10.2 Å². The van der Waals surface area contributed by atoms with Crippen LogP contribution in [0.5, 0.6) is 0 Å². The van der Waals surface area contributed by atoms with E-state index >= 15 is 0 Å². The summed E-state index contributed by atoms with van der Waals surface area (Å²) in [6.45, 7) is 3.34. The number of aromatic nitrogens is 3. The van der Waals surface area contributed by atoms with Gasteiger partial charge in [0.1, 0.15) is 17.5 Å². The minimum Gasteiger partial charge on any atom is -0.354 e. The Morgan fingerprint density at radius 1 is 1.03 bits per heavy atom. The van der Waals surface area contributed by atoms with Gasteiger partial charge in [0.05, 0.1) is 6.04 Å². The summed E-state index contributed by atoms with van der Waals surface area (Å²) >= 11 is 1.65. The average molecular weight is 521 g/mol. The number of hydrogen-bond acceptors (Lipinski definition) is 8. The Bertz CT molecular complexity index is 1180. The summed E-state index contributed by atoms with van der Waals surface area (Å²) in [5.41, 5.74) is 1.56. The fourth-order valence-corrected chi connectivity index (χ4v) is 5.02. The van der Waals surface area contributed by atoms with Gasteiger partial charge < -0.3 is 4.90 Å². The lowest BCUT2D eigenvalue weighted by atomic mass is 10.1. The molecule has 10 heteroatoms. The van der Waals surface area contributed by atoms with Gasteiger partial charge in [-0.15, -0.1) is 0 Å². The molecule has 0 radical (unpaired) electrons. The summed E-state index contributed by atoms with van der Waals surface area (Å²) in [7, 11) is 0. The normalized spacial score (nSPS) is 14.5. The fourth-order valence-electron chi connectivity index (χ4n) is 3.90. The van der Waals surface area contributed by atoms with Gasteiger partial charge in [0.15, 0.2) is 0 Å². The zero-order valence-corrected chi connectivity index (χ0v) is 21.2. The molecule has 3 aromatic rings. The zero-order valence-electron chi connectivity index (χ0n) is 20.4. The summed E-state index contributed by atoms with van der Waals surface area (Å²) in [5, 5.41) is 10.8. The quantitative estimate of drug-likeness (QED) is 0.143. The van der Waals surface area contributed by atoms with Crippen molar-refractivity contribution in [1.82, 2.24) is 24.3 Å². The number of anilines is 1. The van der Waals surface area contributed by atoms with Gasteiger partial charge >= 0.3 is 0 Å². The molecule has 2 aromatic heterocycles. The smallest absolute Gasteiger partial charge is 0.233 e. The van der Waals surface area contributed by atoms with E-state index in [0.717, 1.165) is 60.4 Å². The van der Waals surface area contributed by atoms with Crippen LogP contribution < -0.4 is 4.90 Å². The summed E-state index contributed by atoms with van der Waals surface area (Å²) < 4.78 is 15.3. The van der Waals surface area contributed by atoms with Gasteiger partial charge in [-0.05, 0) is 55.3 Å². The maximum atomic E-state index is 13.0. The van der Waals surface area contributed by atoms with Crippen LogP contribution in [-0.4, -0.2) is 73.9 Å². The van der Waals surface area contributed by atoms with E-state index in [1.807, 2.05) is 12.1 Å². The van der Waals surface area contributed by atoms with Crippen LogP contribution in [0.3, 0.4) is 0 Å². The summed E-state index contributed by atoms with van der Waals surface area (Å²) in [4.78, 5) is 26.4. The van der Waals surface area contributed by atoms with Crippen molar-refractivity contribution >= 4 is 24.2 Å². The van der Waals surface area contributed by atoms with Crippen LogP contribution >= 0.6 is 11.9 Å². The highest BCUT2D eigenvalue weighted by atomic mass is 32.2. The lowest BCUT2D eigenvalue weighted by molar-refractivity contribution is -0.158. The SMILES string of the molecule is O=CN(O)C(CCCc1ncccn1)CSN1CCN(c2ccc(C#Cc3ccc(F)cc3)cn2)CC1. The fraction of sp³-hybridized carbons (Fsp3) is 0.333. The third-order valence-corrected chi connectivity index (χ3v) is 7.26. The van der Waals surface area contributed by atoms with Crippen LogP contribution in [0.1, 0.15) is 29.8 Å². The molecule has 1 aliphatic rings. The predicted octanol–water partition coefficient (Wildman–Crippen LogP) is 3.42. The van der Waals surface area contributed by atoms with Crippen molar-refractivity contribution in [2.45, 2.75) is 25.3 Å². The van der Waals surface area contributed by atoms with E-state index in [1.165, 1.54) is 12.1 Å². The molecule has 1 aliphatic heterocycles. The van der Waals surface area contributed by atoms with Crippen molar-refractivity contribution in [3.05, 3.63) is 83.8 Å². The van der Waals surface area contributed by atoms with Gasteiger partial charge in [-0.1, -0.05) is 23.8 Å². The monoisotopic (exact) mass is 520 g/mol. The van der Waals surface area contributed by atoms with E-state index in [9.17, 15) is 14.4 Å².